The standard InChI is InChI=1S/C17H19NO2/c1-2-20-17(19)16-11-18-10-15(16)14-9-5-7-12-6-3-4-8-13(12)14/h3-9,15-16,18H,2,10-11H2,1H3. The topological polar surface area (TPSA) is 38.3 Å². The molecule has 1 aliphatic heterocycles. The minimum absolute atomic E-state index is 0.0826. The molecule has 2 aromatic carbocycles. The minimum Gasteiger partial charge on any atom is -0.466 e. The minimum atomic E-state index is -0.0876. The first kappa shape index (κ1) is 13.1. The number of hydrogen-bond donors (Lipinski definition) is 1. The molecular formula is C17H19NO2. The second-order valence-corrected chi connectivity index (χ2v) is 5.19. The van der Waals surface area contributed by atoms with Crippen molar-refractivity contribution in [1.29, 1.82) is 0 Å². The molecule has 2 atom stereocenters. The van der Waals surface area contributed by atoms with E-state index in [0.29, 0.717) is 13.2 Å². The normalized spacial score (nSPS) is 22.1. The van der Waals surface area contributed by atoms with Crippen LogP contribution >= 0.6 is 0 Å². The third-order valence-electron chi connectivity index (χ3n) is 4.03. The fourth-order valence-corrected chi connectivity index (χ4v) is 3.08. The van der Waals surface area contributed by atoms with E-state index in [1.165, 1.54) is 16.3 Å². The van der Waals surface area contributed by atoms with Gasteiger partial charge >= 0.3 is 5.97 Å². The van der Waals surface area contributed by atoms with E-state index in [1.54, 1.807) is 0 Å². The van der Waals surface area contributed by atoms with Crippen molar-refractivity contribution in [3.8, 4) is 0 Å². The zero-order valence-corrected chi connectivity index (χ0v) is 11.6. The maximum Gasteiger partial charge on any atom is 0.310 e. The van der Waals surface area contributed by atoms with Crippen LogP contribution in [0.1, 0.15) is 18.4 Å². The number of carbonyl (C=O) groups is 1. The molecule has 3 heteroatoms. The first-order valence-corrected chi connectivity index (χ1v) is 7.16. The van der Waals surface area contributed by atoms with Crippen LogP contribution in [0.5, 0.6) is 0 Å². The maximum absolute atomic E-state index is 12.1. The average Bonchev–Trinajstić information content (AvgIpc) is 2.96. The predicted molar refractivity (Wildman–Crippen MR) is 79.7 cm³/mol. The number of hydrogen-bond acceptors (Lipinski definition) is 3. The highest BCUT2D eigenvalue weighted by Gasteiger charge is 2.35. The van der Waals surface area contributed by atoms with Crippen LogP contribution in [0, 0.1) is 5.92 Å². The Kier molecular flexibility index (Phi) is 3.70. The molecule has 0 amide bonds. The van der Waals surface area contributed by atoms with Crippen molar-refractivity contribution >= 4 is 16.7 Å². The molecule has 20 heavy (non-hydrogen) atoms. The number of rotatable bonds is 3. The highest BCUT2D eigenvalue weighted by Crippen LogP contribution is 2.33. The van der Waals surface area contributed by atoms with Gasteiger partial charge in [0.2, 0.25) is 0 Å². The van der Waals surface area contributed by atoms with Crippen molar-refractivity contribution in [3.63, 3.8) is 0 Å². The smallest absolute Gasteiger partial charge is 0.310 e. The zero-order chi connectivity index (χ0) is 13.9. The summed E-state index contributed by atoms with van der Waals surface area (Å²) in [7, 11) is 0. The summed E-state index contributed by atoms with van der Waals surface area (Å²) in [4.78, 5) is 12.1. The molecule has 0 spiro atoms. The summed E-state index contributed by atoms with van der Waals surface area (Å²) in [5.74, 6) is 0.0244. The molecule has 1 heterocycles. The van der Waals surface area contributed by atoms with Crippen molar-refractivity contribution in [2.75, 3.05) is 19.7 Å². The molecule has 0 bridgehead atoms. The Labute approximate surface area is 118 Å². The molecule has 1 fully saturated rings. The molecule has 3 rings (SSSR count). The zero-order valence-electron chi connectivity index (χ0n) is 11.6. The number of fused-ring (bicyclic) bond motifs is 1. The average molecular weight is 269 g/mol. The third-order valence-corrected chi connectivity index (χ3v) is 4.03. The quantitative estimate of drug-likeness (QED) is 0.871. The van der Waals surface area contributed by atoms with Crippen LogP contribution in [0.25, 0.3) is 10.8 Å². The van der Waals surface area contributed by atoms with Gasteiger partial charge in [-0.25, -0.2) is 0 Å². The van der Waals surface area contributed by atoms with Crippen LogP contribution in [0.4, 0.5) is 0 Å². The Balaban J connectivity index is 1.99. The number of benzene rings is 2. The second-order valence-electron chi connectivity index (χ2n) is 5.19. The largest absolute Gasteiger partial charge is 0.466 e. The van der Waals surface area contributed by atoms with Crippen molar-refractivity contribution in [3.05, 3.63) is 48.0 Å². The van der Waals surface area contributed by atoms with Crippen LogP contribution in [0.15, 0.2) is 42.5 Å². The summed E-state index contributed by atoms with van der Waals surface area (Å²) in [6.45, 7) is 3.83. The summed E-state index contributed by atoms with van der Waals surface area (Å²) in [5.41, 5.74) is 1.24. The number of nitrogens with one attached hydrogen (secondary N) is 1. The first-order chi connectivity index (χ1) is 9.81. The number of carbonyl (C=O) groups excluding carboxylic acids is 1. The van der Waals surface area contributed by atoms with E-state index >= 15 is 0 Å². The van der Waals surface area contributed by atoms with Crippen LogP contribution in [-0.4, -0.2) is 25.7 Å². The van der Waals surface area contributed by atoms with E-state index in [1.807, 2.05) is 19.1 Å². The van der Waals surface area contributed by atoms with Crippen LogP contribution in [0.2, 0.25) is 0 Å². The molecule has 1 aliphatic rings. The van der Waals surface area contributed by atoms with Crippen LogP contribution in [-0.2, 0) is 9.53 Å². The van der Waals surface area contributed by atoms with Gasteiger partial charge in [0.05, 0.1) is 12.5 Å². The monoisotopic (exact) mass is 269 g/mol. The fourth-order valence-electron chi connectivity index (χ4n) is 3.08. The lowest BCUT2D eigenvalue weighted by Crippen LogP contribution is -2.24. The van der Waals surface area contributed by atoms with Gasteiger partial charge in [-0.3, -0.25) is 4.79 Å². The predicted octanol–water partition coefficient (Wildman–Crippen LogP) is 2.71. The van der Waals surface area contributed by atoms with Gasteiger partial charge in [-0.2, -0.15) is 0 Å². The molecule has 1 N–H and O–H groups in total. The molecule has 1 saturated heterocycles. The van der Waals surface area contributed by atoms with E-state index in [-0.39, 0.29) is 17.8 Å². The van der Waals surface area contributed by atoms with E-state index < -0.39 is 0 Å². The van der Waals surface area contributed by atoms with Gasteiger partial charge in [-0.05, 0) is 23.3 Å². The fraction of sp³-hybridized carbons (Fsp3) is 0.353. The summed E-state index contributed by atoms with van der Waals surface area (Å²) >= 11 is 0. The van der Waals surface area contributed by atoms with Crippen molar-refractivity contribution in [1.82, 2.24) is 5.32 Å². The number of ether oxygens (including phenoxy) is 1. The van der Waals surface area contributed by atoms with E-state index in [4.69, 9.17) is 4.74 Å². The van der Waals surface area contributed by atoms with E-state index in [9.17, 15) is 4.79 Å². The SMILES string of the molecule is CCOC(=O)C1CNCC1c1cccc2ccccc12. The molecular weight excluding hydrogens is 250 g/mol. The van der Waals surface area contributed by atoms with Gasteiger partial charge in [0.25, 0.3) is 0 Å². The van der Waals surface area contributed by atoms with Gasteiger partial charge in [0, 0.05) is 19.0 Å². The highest BCUT2D eigenvalue weighted by molar-refractivity contribution is 5.87. The lowest BCUT2D eigenvalue weighted by molar-refractivity contribution is -0.147. The molecule has 104 valence electrons. The third kappa shape index (κ3) is 2.29. The lowest BCUT2D eigenvalue weighted by Gasteiger charge is -2.19. The molecule has 3 nitrogen and oxygen atoms in total. The lowest BCUT2D eigenvalue weighted by atomic mass is 9.86. The van der Waals surface area contributed by atoms with Crippen molar-refractivity contribution in [2.24, 2.45) is 5.92 Å². The van der Waals surface area contributed by atoms with Gasteiger partial charge in [-0.1, -0.05) is 42.5 Å². The van der Waals surface area contributed by atoms with Gasteiger partial charge in [0.1, 0.15) is 0 Å². The summed E-state index contributed by atoms with van der Waals surface area (Å²) < 4.78 is 5.21. The molecule has 0 aliphatic carbocycles. The van der Waals surface area contributed by atoms with Gasteiger partial charge in [0.15, 0.2) is 0 Å². The molecule has 0 radical (unpaired) electrons. The Morgan fingerprint density at radius 2 is 2.00 bits per heavy atom. The molecule has 0 saturated carbocycles. The highest BCUT2D eigenvalue weighted by atomic mass is 16.5. The Hall–Kier alpha value is -1.87. The molecule has 2 unspecified atom stereocenters. The maximum atomic E-state index is 12.1. The Morgan fingerprint density at radius 1 is 1.20 bits per heavy atom. The van der Waals surface area contributed by atoms with E-state index in [0.717, 1.165) is 6.54 Å². The van der Waals surface area contributed by atoms with E-state index in [2.05, 4.69) is 35.6 Å². The van der Waals surface area contributed by atoms with Crippen LogP contribution < -0.4 is 5.32 Å². The Bertz CT molecular complexity index is 618. The second kappa shape index (κ2) is 5.63. The molecule has 0 aromatic heterocycles. The molecule has 2 aromatic rings. The van der Waals surface area contributed by atoms with Gasteiger partial charge < -0.3 is 10.1 Å². The summed E-state index contributed by atoms with van der Waals surface area (Å²) in [5, 5.41) is 5.78. The number of esters is 1. The van der Waals surface area contributed by atoms with Crippen molar-refractivity contribution < 1.29 is 9.53 Å². The summed E-state index contributed by atoms with van der Waals surface area (Å²) in [6, 6.07) is 14.6. The van der Waals surface area contributed by atoms with Crippen LogP contribution in [0.3, 0.4) is 0 Å². The Morgan fingerprint density at radius 3 is 2.85 bits per heavy atom. The van der Waals surface area contributed by atoms with Crippen molar-refractivity contribution in [2.45, 2.75) is 12.8 Å². The summed E-state index contributed by atoms with van der Waals surface area (Å²) in [6.07, 6.45) is 0. The first-order valence-electron chi connectivity index (χ1n) is 7.16. The van der Waals surface area contributed by atoms with Gasteiger partial charge in [-0.15, -0.1) is 0 Å².